The fraction of sp³-hybridized carbons (Fsp3) is 0.333. The molecule has 1 rings (SSSR count). The first kappa shape index (κ1) is 16.0. The van der Waals surface area contributed by atoms with Gasteiger partial charge in [0.25, 0.3) is 5.92 Å². The molecule has 0 unspecified atom stereocenters. The summed E-state index contributed by atoms with van der Waals surface area (Å²) in [5, 5.41) is 10.8. The SMILES string of the molecule is I.NC(=NCC(F)(F)CO)Nc1ccccn1. The Hall–Kier alpha value is -1.03. The normalized spacial score (nSPS) is 11.8. The molecule has 96 valence electrons. The molecule has 0 fully saturated rings. The van der Waals surface area contributed by atoms with Crippen LogP contribution in [0, 0.1) is 0 Å². The summed E-state index contributed by atoms with van der Waals surface area (Å²) in [5.41, 5.74) is 5.35. The Morgan fingerprint density at radius 2 is 2.24 bits per heavy atom. The lowest BCUT2D eigenvalue weighted by Gasteiger charge is -2.10. The van der Waals surface area contributed by atoms with Crippen LogP contribution in [0.4, 0.5) is 14.6 Å². The van der Waals surface area contributed by atoms with Crippen LogP contribution in [0.2, 0.25) is 0 Å². The summed E-state index contributed by atoms with van der Waals surface area (Å²) in [6.45, 7) is -2.12. The van der Waals surface area contributed by atoms with E-state index >= 15 is 0 Å². The number of aliphatic imine (C=N–C) groups is 1. The van der Waals surface area contributed by atoms with Crippen LogP contribution in [-0.2, 0) is 0 Å². The van der Waals surface area contributed by atoms with E-state index in [2.05, 4.69) is 15.3 Å². The highest BCUT2D eigenvalue weighted by Crippen LogP contribution is 2.11. The summed E-state index contributed by atoms with van der Waals surface area (Å²) in [5.74, 6) is -3.01. The number of halogens is 3. The van der Waals surface area contributed by atoms with Gasteiger partial charge in [0, 0.05) is 6.20 Å². The summed E-state index contributed by atoms with van der Waals surface area (Å²) in [6, 6.07) is 5.04. The number of rotatable bonds is 4. The van der Waals surface area contributed by atoms with E-state index in [-0.39, 0.29) is 29.9 Å². The smallest absolute Gasteiger partial charge is 0.289 e. The summed E-state index contributed by atoms with van der Waals surface area (Å²) in [6.07, 6.45) is 1.53. The second-order valence-corrected chi connectivity index (χ2v) is 3.06. The molecule has 0 saturated carbocycles. The fourth-order valence-electron chi connectivity index (χ4n) is 0.858. The van der Waals surface area contributed by atoms with Crippen LogP contribution in [0.15, 0.2) is 29.4 Å². The molecule has 0 aliphatic rings. The van der Waals surface area contributed by atoms with E-state index in [4.69, 9.17) is 10.8 Å². The zero-order chi connectivity index (χ0) is 12.0. The summed E-state index contributed by atoms with van der Waals surface area (Å²) in [7, 11) is 0. The predicted octanol–water partition coefficient (Wildman–Crippen LogP) is 1.05. The molecule has 1 aromatic rings. The predicted molar refractivity (Wildman–Crippen MR) is 71.8 cm³/mol. The third-order valence-corrected chi connectivity index (χ3v) is 1.63. The van der Waals surface area contributed by atoms with Gasteiger partial charge in [-0.2, -0.15) is 0 Å². The van der Waals surface area contributed by atoms with Gasteiger partial charge in [0.1, 0.15) is 19.0 Å². The molecular weight excluding hydrogens is 345 g/mol. The summed E-state index contributed by atoms with van der Waals surface area (Å²) < 4.78 is 25.2. The van der Waals surface area contributed by atoms with Gasteiger partial charge in [-0.25, -0.2) is 18.8 Å². The van der Waals surface area contributed by atoms with Crippen molar-refractivity contribution < 1.29 is 13.9 Å². The first-order valence-corrected chi connectivity index (χ1v) is 4.50. The molecule has 1 aromatic heterocycles. The van der Waals surface area contributed by atoms with E-state index in [0.29, 0.717) is 5.82 Å². The quantitative estimate of drug-likeness (QED) is 0.427. The van der Waals surface area contributed by atoms with Crippen molar-refractivity contribution in [2.45, 2.75) is 5.92 Å². The minimum atomic E-state index is -3.25. The number of aliphatic hydroxyl groups is 1. The monoisotopic (exact) mass is 358 g/mol. The maximum atomic E-state index is 12.6. The van der Waals surface area contributed by atoms with Gasteiger partial charge in [-0.1, -0.05) is 6.07 Å². The highest BCUT2D eigenvalue weighted by Gasteiger charge is 2.27. The molecule has 0 bridgehead atoms. The second-order valence-electron chi connectivity index (χ2n) is 3.06. The standard InChI is InChI=1S/C9H12F2N4O.HI/c10-9(11,6-16)5-14-8(12)15-7-3-1-2-4-13-7;/h1-4,16H,5-6H2,(H3,12,13,14,15);1H. The van der Waals surface area contributed by atoms with Gasteiger partial charge >= 0.3 is 0 Å². The number of aliphatic hydroxyl groups excluding tert-OH is 1. The summed E-state index contributed by atoms with van der Waals surface area (Å²) >= 11 is 0. The lowest BCUT2D eigenvalue weighted by molar-refractivity contribution is -0.0404. The lowest BCUT2D eigenvalue weighted by Crippen LogP contribution is -2.30. The minimum Gasteiger partial charge on any atom is -0.390 e. The average Bonchev–Trinajstić information content (AvgIpc) is 2.28. The van der Waals surface area contributed by atoms with Gasteiger partial charge < -0.3 is 16.2 Å². The van der Waals surface area contributed by atoms with Crippen molar-refractivity contribution in [1.82, 2.24) is 4.98 Å². The first-order chi connectivity index (χ1) is 7.53. The van der Waals surface area contributed by atoms with Crippen molar-refractivity contribution in [3.05, 3.63) is 24.4 Å². The number of anilines is 1. The molecule has 0 spiro atoms. The molecule has 0 aromatic carbocycles. The number of pyridine rings is 1. The third-order valence-electron chi connectivity index (χ3n) is 1.63. The fourth-order valence-corrected chi connectivity index (χ4v) is 0.858. The van der Waals surface area contributed by atoms with E-state index in [9.17, 15) is 8.78 Å². The highest BCUT2D eigenvalue weighted by molar-refractivity contribution is 14.0. The molecule has 0 atom stereocenters. The first-order valence-electron chi connectivity index (χ1n) is 4.50. The number of aromatic nitrogens is 1. The maximum Gasteiger partial charge on any atom is 0.289 e. The zero-order valence-corrected chi connectivity index (χ0v) is 11.1. The number of nitrogens with one attached hydrogen (secondary N) is 1. The van der Waals surface area contributed by atoms with Crippen molar-refractivity contribution in [2.24, 2.45) is 10.7 Å². The molecule has 0 aliphatic carbocycles. The van der Waals surface area contributed by atoms with Gasteiger partial charge in [0.15, 0.2) is 5.96 Å². The van der Waals surface area contributed by atoms with Crippen molar-refractivity contribution in [2.75, 3.05) is 18.5 Å². The van der Waals surface area contributed by atoms with Crippen molar-refractivity contribution in [3.8, 4) is 0 Å². The Labute approximate surface area is 114 Å². The van der Waals surface area contributed by atoms with Crippen LogP contribution >= 0.6 is 24.0 Å². The van der Waals surface area contributed by atoms with Gasteiger partial charge in [-0.3, -0.25) is 0 Å². The van der Waals surface area contributed by atoms with Crippen molar-refractivity contribution in [3.63, 3.8) is 0 Å². The van der Waals surface area contributed by atoms with E-state index < -0.39 is 19.1 Å². The van der Waals surface area contributed by atoms with E-state index in [0.717, 1.165) is 0 Å². The Morgan fingerprint density at radius 1 is 1.53 bits per heavy atom. The molecular formula is C9H13F2IN4O. The number of alkyl halides is 2. The van der Waals surface area contributed by atoms with Gasteiger partial charge in [0.2, 0.25) is 0 Å². The summed E-state index contributed by atoms with van der Waals surface area (Å²) in [4.78, 5) is 7.27. The number of hydrogen-bond acceptors (Lipinski definition) is 3. The van der Waals surface area contributed by atoms with Crippen LogP contribution in [0.3, 0.4) is 0 Å². The van der Waals surface area contributed by atoms with Crippen LogP contribution in [0.25, 0.3) is 0 Å². The highest BCUT2D eigenvalue weighted by atomic mass is 127. The Kier molecular flexibility index (Phi) is 6.88. The Balaban J connectivity index is 0.00000256. The van der Waals surface area contributed by atoms with Gasteiger partial charge in [0.05, 0.1) is 0 Å². The van der Waals surface area contributed by atoms with E-state index in [1.807, 2.05) is 0 Å². The molecule has 4 N–H and O–H groups in total. The van der Waals surface area contributed by atoms with E-state index in [1.54, 1.807) is 18.2 Å². The largest absolute Gasteiger partial charge is 0.390 e. The molecule has 0 radical (unpaired) electrons. The van der Waals surface area contributed by atoms with Crippen molar-refractivity contribution >= 4 is 35.8 Å². The number of hydrogen-bond donors (Lipinski definition) is 3. The molecule has 1 heterocycles. The van der Waals surface area contributed by atoms with Crippen LogP contribution in [0.5, 0.6) is 0 Å². The van der Waals surface area contributed by atoms with Crippen LogP contribution < -0.4 is 11.1 Å². The number of guanidine groups is 1. The molecule has 0 saturated heterocycles. The van der Waals surface area contributed by atoms with Gasteiger partial charge in [-0.15, -0.1) is 24.0 Å². The zero-order valence-electron chi connectivity index (χ0n) is 8.81. The second kappa shape index (κ2) is 7.33. The molecule has 8 heteroatoms. The van der Waals surface area contributed by atoms with Crippen molar-refractivity contribution in [1.29, 1.82) is 0 Å². The lowest BCUT2D eigenvalue weighted by atomic mass is 10.4. The number of nitrogens with zero attached hydrogens (tertiary/aromatic N) is 2. The molecule has 5 nitrogen and oxygen atoms in total. The van der Waals surface area contributed by atoms with E-state index in [1.165, 1.54) is 6.20 Å². The maximum absolute atomic E-state index is 12.6. The Morgan fingerprint density at radius 3 is 2.76 bits per heavy atom. The molecule has 17 heavy (non-hydrogen) atoms. The average molecular weight is 358 g/mol. The van der Waals surface area contributed by atoms with Crippen LogP contribution in [-0.4, -0.2) is 35.1 Å². The topological polar surface area (TPSA) is 83.5 Å². The van der Waals surface area contributed by atoms with Crippen LogP contribution in [0.1, 0.15) is 0 Å². The molecule has 0 aliphatic heterocycles. The third kappa shape index (κ3) is 6.31. The molecule has 0 amide bonds. The van der Waals surface area contributed by atoms with Gasteiger partial charge in [-0.05, 0) is 12.1 Å². The minimum absolute atomic E-state index is 0. The Bertz CT molecular complexity index is 361. The number of nitrogens with two attached hydrogens (primary N) is 1.